The second-order valence-corrected chi connectivity index (χ2v) is 10.1. The zero-order valence-corrected chi connectivity index (χ0v) is 13.2. The molecule has 0 atom stereocenters. The molecule has 0 unspecified atom stereocenters. The third-order valence-electron chi connectivity index (χ3n) is 2.31. The SMILES string of the molecule is C[Si](C)(C)Oc1ccc(CCC=C(Cl)C(=O)O)cc1. The van der Waals surface area contributed by atoms with Crippen LogP contribution in [-0.2, 0) is 11.2 Å². The molecule has 0 bridgehead atoms. The molecule has 0 saturated carbocycles. The molecule has 19 heavy (non-hydrogen) atoms. The summed E-state index contributed by atoms with van der Waals surface area (Å²) in [5, 5.41) is 8.48. The number of benzene rings is 1. The van der Waals surface area contributed by atoms with Crippen LogP contribution in [0, 0.1) is 0 Å². The molecule has 1 rings (SSSR count). The van der Waals surface area contributed by atoms with E-state index in [9.17, 15) is 4.79 Å². The summed E-state index contributed by atoms with van der Waals surface area (Å²) in [5.41, 5.74) is 1.13. The molecule has 1 aromatic carbocycles. The van der Waals surface area contributed by atoms with Gasteiger partial charge in [-0.3, -0.25) is 0 Å². The predicted molar refractivity (Wildman–Crippen MR) is 80.3 cm³/mol. The molecular weight excluding hydrogens is 280 g/mol. The number of hydrogen-bond donors (Lipinski definition) is 1. The van der Waals surface area contributed by atoms with Crippen LogP contribution >= 0.6 is 11.6 Å². The second kappa shape index (κ2) is 6.77. The first-order valence-electron chi connectivity index (χ1n) is 6.15. The Balaban J connectivity index is 2.53. The molecular formula is C14H19ClO3Si. The van der Waals surface area contributed by atoms with Crippen LogP contribution in [0.5, 0.6) is 5.75 Å². The molecule has 3 nitrogen and oxygen atoms in total. The maximum atomic E-state index is 10.5. The van der Waals surface area contributed by atoms with Gasteiger partial charge in [0.1, 0.15) is 10.8 Å². The van der Waals surface area contributed by atoms with Crippen molar-refractivity contribution in [3.8, 4) is 5.75 Å². The Labute approximate surface area is 120 Å². The summed E-state index contributed by atoms with van der Waals surface area (Å²) in [4.78, 5) is 10.5. The standard InChI is InChI=1S/C14H19ClO3Si/c1-19(2,3)18-12-9-7-11(8-10-12)5-4-6-13(15)14(16)17/h6-10H,4-5H2,1-3H3,(H,16,17). The number of aryl methyl sites for hydroxylation is 1. The number of rotatable bonds is 6. The minimum atomic E-state index is -1.56. The maximum Gasteiger partial charge on any atom is 0.346 e. The van der Waals surface area contributed by atoms with Crippen molar-refractivity contribution in [3.05, 3.63) is 40.9 Å². The second-order valence-electron chi connectivity index (χ2n) is 5.25. The van der Waals surface area contributed by atoms with Gasteiger partial charge in [0.25, 0.3) is 0 Å². The number of halogens is 1. The summed E-state index contributed by atoms with van der Waals surface area (Å²) in [6, 6.07) is 7.90. The molecule has 0 aromatic heterocycles. The zero-order valence-electron chi connectivity index (χ0n) is 11.4. The number of aliphatic carboxylic acids is 1. The van der Waals surface area contributed by atoms with Crippen molar-refractivity contribution in [2.75, 3.05) is 0 Å². The van der Waals surface area contributed by atoms with Crippen LogP contribution in [0.15, 0.2) is 35.4 Å². The van der Waals surface area contributed by atoms with E-state index in [1.807, 2.05) is 24.3 Å². The fraction of sp³-hybridized carbons (Fsp3) is 0.357. The van der Waals surface area contributed by atoms with Gasteiger partial charge in [-0.05, 0) is 50.2 Å². The van der Waals surface area contributed by atoms with Gasteiger partial charge in [-0.25, -0.2) is 4.79 Å². The predicted octanol–water partition coefficient (Wildman–Crippen LogP) is 4.04. The smallest absolute Gasteiger partial charge is 0.346 e. The first kappa shape index (κ1) is 15.8. The van der Waals surface area contributed by atoms with Crippen LogP contribution in [0.25, 0.3) is 0 Å². The minimum Gasteiger partial charge on any atom is -0.544 e. The largest absolute Gasteiger partial charge is 0.544 e. The van der Waals surface area contributed by atoms with Gasteiger partial charge in [-0.15, -0.1) is 0 Å². The molecule has 0 heterocycles. The molecule has 1 N–H and O–H groups in total. The summed E-state index contributed by atoms with van der Waals surface area (Å²) >= 11 is 5.53. The molecule has 5 heteroatoms. The van der Waals surface area contributed by atoms with Gasteiger partial charge in [-0.2, -0.15) is 0 Å². The number of hydrogen-bond acceptors (Lipinski definition) is 2. The first-order valence-corrected chi connectivity index (χ1v) is 9.93. The lowest BCUT2D eigenvalue weighted by Gasteiger charge is -2.19. The average Bonchev–Trinajstić information content (AvgIpc) is 2.29. The van der Waals surface area contributed by atoms with E-state index in [0.29, 0.717) is 6.42 Å². The lowest BCUT2D eigenvalue weighted by molar-refractivity contribution is -0.131. The summed E-state index contributed by atoms with van der Waals surface area (Å²) < 4.78 is 5.86. The van der Waals surface area contributed by atoms with Crippen molar-refractivity contribution >= 4 is 25.9 Å². The van der Waals surface area contributed by atoms with Crippen molar-refractivity contribution in [3.63, 3.8) is 0 Å². The lowest BCUT2D eigenvalue weighted by Crippen LogP contribution is -2.29. The van der Waals surface area contributed by atoms with Crippen LogP contribution in [0.3, 0.4) is 0 Å². The van der Waals surface area contributed by atoms with Gasteiger partial charge in [-0.1, -0.05) is 29.8 Å². The molecule has 0 radical (unpaired) electrons. The Kier molecular flexibility index (Phi) is 5.63. The Hall–Kier alpha value is -1.26. The molecule has 0 amide bonds. The molecule has 0 aliphatic carbocycles. The Morgan fingerprint density at radius 3 is 2.37 bits per heavy atom. The van der Waals surface area contributed by atoms with E-state index in [0.717, 1.165) is 17.7 Å². The molecule has 0 saturated heterocycles. The summed E-state index contributed by atoms with van der Waals surface area (Å²) in [7, 11) is -1.56. The van der Waals surface area contributed by atoms with Crippen LogP contribution in [0.2, 0.25) is 19.6 Å². The Bertz CT molecular complexity index is 461. The number of carboxylic acid groups (broad SMARTS) is 1. The van der Waals surface area contributed by atoms with E-state index in [2.05, 4.69) is 19.6 Å². The molecule has 104 valence electrons. The molecule has 0 aliphatic rings. The number of allylic oxidation sites excluding steroid dienone is 1. The molecule has 1 aromatic rings. The van der Waals surface area contributed by atoms with E-state index in [-0.39, 0.29) is 5.03 Å². The van der Waals surface area contributed by atoms with Crippen molar-refractivity contribution in [1.29, 1.82) is 0 Å². The van der Waals surface area contributed by atoms with Gasteiger partial charge in [0.2, 0.25) is 8.32 Å². The zero-order chi connectivity index (χ0) is 14.5. The lowest BCUT2D eigenvalue weighted by atomic mass is 10.1. The van der Waals surface area contributed by atoms with Crippen molar-refractivity contribution < 1.29 is 14.3 Å². The van der Waals surface area contributed by atoms with E-state index < -0.39 is 14.3 Å². The summed E-state index contributed by atoms with van der Waals surface area (Å²) in [6.07, 6.45) is 2.90. The van der Waals surface area contributed by atoms with Gasteiger partial charge >= 0.3 is 5.97 Å². The van der Waals surface area contributed by atoms with E-state index in [1.54, 1.807) is 0 Å². The van der Waals surface area contributed by atoms with E-state index in [1.165, 1.54) is 6.08 Å². The highest BCUT2D eigenvalue weighted by Gasteiger charge is 2.15. The number of carboxylic acids is 1. The third-order valence-corrected chi connectivity index (χ3v) is 3.47. The van der Waals surface area contributed by atoms with Crippen LogP contribution in [-0.4, -0.2) is 19.4 Å². The normalized spacial score (nSPS) is 12.3. The van der Waals surface area contributed by atoms with Crippen molar-refractivity contribution in [2.45, 2.75) is 32.5 Å². The highest BCUT2D eigenvalue weighted by molar-refractivity contribution is 6.70. The van der Waals surface area contributed by atoms with Crippen LogP contribution in [0.1, 0.15) is 12.0 Å². The van der Waals surface area contributed by atoms with Gasteiger partial charge < -0.3 is 9.53 Å². The Morgan fingerprint density at radius 2 is 1.89 bits per heavy atom. The fourth-order valence-electron chi connectivity index (χ4n) is 1.53. The van der Waals surface area contributed by atoms with Crippen molar-refractivity contribution in [2.24, 2.45) is 0 Å². The summed E-state index contributed by atoms with van der Waals surface area (Å²) in [6.45, 7) is 6.42. The topological polar surface area (TPSA) is 46.5 Å². The maximum absolute atomic E-state index is 10.5. The van der Waals surface area contributed by atoms with E-state index in [4.69, 9.17) is 21.1 Å². The fourth-order valence-corrected chi connectivity index (χ4v) is 2.48. The monoisotopic (exact) mass is 298 g/mol. The van der Waals surface area contributed by atoms with Gasteiger partial charge in [0, 0.05) is 0 Å². The number of carbonyl (C=O) groups is 1. The van der Waals surface area contributed by atoms with Crippen LogP contribution in [0.4, 0.5) is 0 Å². The first-order chi connectivity index (χ1) is 8.78. The van der Waals surface area contributed by atoms with Crippen molar-refractivity contribution in [1.82, 2.24) is 0 Å². The quantitative estimate of drug-likeness (QED) is 0.637. The molecule has 0 spiro atoms. The molecule has 0 aliphatic heterocycles. The van der Waals surface area contributed by atoms with Crippen LogP contribution < -0.4 is 4.43 Å². The highest BCUT2D eigenvalue weighted by Crippen LogP contribution is 2.18. The highest BCUT2D eigenvalue weighted by atomic mass is 35.5. The van der Waals surface area contributed by atoms with Gasteiger partial charge in [0.05, 0.1) is 0 Å². The Morgan fingerprint density at radius 1 is 1.32 bits per heavy atom. The average molecular weight is 299 g/mol. The minimum absolute atomic E-state index is 0.126. The molecule has 0 fully saturated rings. The van der Waals surface area contributed by atoms with E-state index >= 15 is 0 Å². The van der Waals surface area contributed by atoms with Gasteiger partial charge in [0.15, 0.2) is 0 Å². The third kappa shape index (κ3) is 6.45. The summed E-state index contributed by atoms with van der Waals surface area (Å²) in [5.74, 6) is -0.192.